The fourth-order valence-electron chi connectivity index (χ4n) is 3.60. The Morgan fingerprint density at radius 3 is 2.59 bits per heavy atom. The third-order valence-electron chi connectivity index (χ3n) is 5.39. The van der Waals surface area contributed by atoms with Gasteiger partial charge < -0.3 is 9.84 Å². The maximum atomic E-state index is 12.5. The minimum Gasteiger partial charge on any atom is -0.479 e. The highest BCUT2D eigenvalue weighted by Crippen LogP contribution is 2.35. The van der Waals surface area contributed by atoms with Crippen LogP contribution in [-0.2, 0) is 19.4 Å². The molecule has 2 atom stereocenters. The van der Waals surface area contributed by atoms with Gasteiger partial charge in [0.25, 0.3) is 0 Å². The number of carboxylic acids is 1. The average molecular weight is 499 g/mol. The highest BCUT2D eigenvalue weighted by Gasteiger charge is 2.40. The van der Waals surface area contributed by atoms with E-state index in [2.05, 4.69) is 11.8 Å². The predicted octanol–water partition coefficient (Wildman–Crippen LogP) is 5.58. The number of carboxylic acid groups (broad SMARTS) is 1. The maximum Gasteiger partial charge on any atom is 0.333 e. The summed E-state index contributed by atoms with van der Waals surface area (Å²) in [6.45, 7) is 7.26. The van der Waals surface area contributed by atoms with Crippen molar-refractivity contribution in [2.24, 2.45) is 5.41 Å². The molecule has 1 N–H and O–H groups in total. The zero-order chi connectivity index (χ0) is 25.0. The van der Waals surface area contributed by atoms with Crippen LogP contribution in [0.3, 0.4) is 0 Å². The van der Waals surface area contributed by atoms with Crippen molar-refractivity contribution in [3.63, 3.8) is 0 Å². The van der Waals surface area contributed by atoms with E-state index in [1.165, 1.54) is 0 Å². The predicted molar refractivity (Wildman–Crippen MR) is 136 cm³/mol. The molecule has 2 aromatic rings. The van der Waals surface area contributed by atoms with E-state index in [4.69, 9.17) is 4.74 Å². The first-order chi connectivity index (χ1) is 16.0. The van der Waals surface area contributed by atoms with Crippen molar-refractivity contribution in [2.45, 2.75) is 57.1 Å². The SMILES string of the molecule is CCCS(=O)(=O)c1cccc(C#CC2(OC(C(=O)O)C(C)(C)C)C=CC(c3cccs3)=CC2)c1. The van der Waals surface area contributed by atoms with E-state index in [0.717, 1.165) is 10.5 Å². The summed E-state index contributed by atoms with van der Waals surface area (Å²) in [7, 11) is -3.37. The largest absolute Gasteiger partial charge is 0.479 e. The van der Waals surface area contributed by atoms with Gasteiger partial charge in [-0.05, 0) is 53.1 Å². The molecule has 0 fully saturated rings. The van der Waals surface area contributed by atoms with Crippen LogP contribution < -0.4 is 0 Å². The first-order valence-corrected chi connectivity index (χ1v) is 13.7. The fraction of sp³-hybridized carbons (Fsp3) is 0.370. The molecule has 1 aromatic heterocycles. The zero-order valence-electron chi connectivity index (χ0n) is 19.9. The quantitative estimate of drug-likeness (QED) is 0.504. The molecule has 2 unspecified atom stereocenters. The van der Waals surface area contributed by atoms with Crippen molar-refractivity contribution in [3.8, 4) is 11.8 Å². The molecule has 7 heteroatoms. The van der Waals surface area contributed by atoms with E-state index in [9.17, 15) is 18.3 Å². The van der Waals surface area contributed by atoms with Gasteiger partial charge in [0, 0.05) is 16.9 Å². The Labute approximate surface area is 206 Å². The summed E-state index contributed by atoms with van der Waals surface area (Å²) in [6.07, 6.45) is 5.55. The van der Waals surface area contributed by atoms with Crippen molar-refractivity contribution < 1.29 is 23.1 Å². The fourth-order valence-corrected chi connectivity index (χ4v) is 5.71. The molecule has 0 aliphatic heterocycles. The van der Waals surface area contributed by atoms with Crippen LogP contribution in [-0.4, -0.2) is 37.0 Å². The van der Waals surface area contributed by atoms with Crippen molar-refractivity contribution in [1.29, 1.82) is 0 Å². The van der Waals surface area contributed by atoms with Crippen molar-refractivity contribution in [3.05, 3.63) is 70.4 Å². The summed E-state index contributed by atoms with van der Waals surface area (Å²) in [5.74, 6) is 5.19. The average Bonchev–Trinajstić information content (AvgIpc) is 3.31. The van der Waals surface area contributed by atoms with Crippen LogP contribution in [0.25, 0.3) is 5.57 Å². The van der Waals surface area contributed by atoms with Gasteiger partial charge in [-0.2, -0.15) is 0 Å². The second-order valence-corrected chi connectivity index (χ2v) is 12.4. The summed E-state index contributed by atoms with van der Waals surface area (Å²) in [6, 6.07) is 10.5. The normalized spacial score (nSPS) is 19.1. The van der Waals surface area contributed by atoms with Crippen LogP contribution in [0, 0.1) is 17.3 Å². The lowest BCUT2D eigenvalue weighted by atomic mass is 9.86. The first kappa shape index (κ1) is 26.0. The van der Waals surface area contributed by atoms with E-state index in [0.29, 0.717) is 18.4 Å². The number of allylic oxidation sites excluding steroid dienone is 2. The minimum absolute atomic E-state index is 0.0713. The number of sulfone groups is 1. The lowest BCUT2D eigenvalue weighted by Crippen LogP contribution is -2.44. The molecule has 1 heterocycles. The second kappa shape index (κ2) is 10.3. The van der Waals surface area contributed by atoms with Gasteiger partial charge in [0.1, 0.15) is 0 Å². The van der Waals surface area contributed by atoms with E-state index < -0.39 is 32.9 Å². The van der Waals surface area contributed by atoms with Crippen LogP contribution in [0.15, 0.2) is 64.9 Å². The van der Waals surface area contributed by atoms with Gasteiger partial charge in [-0.15, -0.1) is 11.3 Å². The number of hydrogen-bond donors (Lipinski definition) is 1. The molecule has 0 amide bonds. The lowest BCUT2D eigenvalue weighted by Gasteiger charge is -2.36. The number of benzene rings is 1. The molecule has 1 aliphatic carbocycles. The van der Waals surface area contributed by atoms with Gasteiger partial charge in [-0.1, -0.05) is 63.8 Å². The molecule has 5 nitrogen and oxygen atoms in total. The lowest BCUT2D eigenvalue weighted by molar-refractivity contribution is -0.166. The molecule has 0 spiro atoms. The van der Waals surface area contributed by atoms with Gasteiger partial charge >= 0.3 is 5.97 Å². The number of hydrogen-bond acceptors (Lipinski definition) is 5. The highest BCUT2D eigenvalue weighted by atomic mass is 32.2. The van der Waals surface area contributed by atoms with E-state index in [1.807, 2.05) is 63.4 Å². The molecule has 180 valence electrons. The van der Waals surface area contributed by atoms with Gasteiger partial charge in [0.05, 0.1) is 10.6 Å². The molecule has 3 rings (SSSR count). The molecule has 0 saturated carbocycles. The van der Waals surface area contributed by atoms with Gasteiger partial charge in [0.2, 0.25) is 0 Å². The van der Waals surface area contributed by atoms with E-state index in [1.54, 1.807) is 35.6 Å². The van der Waals surface area contributed by atoms with Crippen LogP contribution in [0.5, 0.6) is 0 Å². The number of ether oxygens (including phenoxy) is 1. The minimum atomic E-state index is -3.37. The number of aliphatic carboxylic acids is 1. The molecular weight excluding hydrogens is 468 g/mol. The Morgan fingerprint density at radius 2 is 2.03 bits per heavy atom. The van der Waals surface area contributed by atoms with Crippen molar-refractivity contribution >= 4 is 32.7 Å². The Bertz CT molecular complexity index is 1250. The molecule has 1 aliphatic rings. The highest BCUT2D eigenvalue weighted by molar-refractivity contribution is 7.91. The monoisotopic (exact) mass is 498 g/mol. The summed E-state index contributed by atoms with van der Waals surface area (Å²) in [5, 5.41) is 11.8. The van der Waals surface area contributed by atoms with Gasteiger partial charge in [-0.25, -0.2) is 13.2 Å². The topological polar surface area (TPSA) is 80.7 Å². The Kier molecular flexibility index (Phi) is 7.87. The standard InChI is InChI=1S/C27H30O5S2/c1-5-18-34(30,31)22-9-6-8-20(19-22)11-14-27(32-24(25(28)29)26(2,3)4)15-12-21(13-16-27)23-10-7-17-33-23/h6-10,12-13,15,17,19,24H,5,16,18H2,1-4H3,(H,28,29). The molecule has 1 aromatic carbocycles. The van der Waals surface area contributed by atoms with Crippen molar-refractivity contribution in [2.75, 3.05) is 5.75 Å². The summed E-state index contributed by atoms with van der Waals surface area (Å²) >= 11 is 1.62. The summed E-state index contributed by atoms with van der Waals surface area (Å²) in [4.78, 5) is 13.4. The number of rotatable bonds is 7. The second-order valence-electron chi connectivity index (χ2n) is 9.36. The third-order valence-corrected chi connectivity index (χ3v) is 8.22. The molecule has 0 radical (unpaired) electrons. The zero-order valence-corrected chi connectivity index (χ0v) is 21.5. The van der Waals surface area contributed by atoms with Crippen LogP contribution in [0.4, 0.5) is 0 Å². The van der Waals surface area contributed by atoms with Gasteiger partial charge in [0.15, 0.2) is 21.5 Å². The Morgan fingerprint density at radius 1 is 1.26 bits per heavy atom. The van der Waals surface area contributed by atoms with Crippen LogP contribution >= 0.6 is 11.3 Å². The van der Waals surface area contributed by atoms with Crippen LogP contribution in [0.1, 0.15) is 51.0 Å². The molecule has 34 heavy (non-hydrogen) atoms. The molecular formula is C27H30O5S2. The van der Waals surface area contributed by atoms with E-state index >= 15 is 0 Å². The molecule has 0 saturated heterocycles. The molecule has 0 bridgehead atoms. The van der Waals surface area contributed by atoms with Crippen molar-refractivity contribution in [1.82, 2.24) is 0 Å². The number of thiophene rings is 1. The van der Waals surface area contributed by atoms with E-state index in [-0.39, 0.29) is 10.6 Å². The first-order valence-electron chi connectivity index (χ1n) is 11.2. The Balaban J connectivity index is 2.00. The third kappa shape index (κ3) is 6.26. The smallest absolute Gasteiger partial charge is 0.333 e. The summed E-state index contributed by atoms with van der Waals surface area (Å²) < 4.78 is 31.2. The van der Waals surface area contributed by atoms with Crippen LogP contribution in [0.2, 0.25) is 0 Å². The number of carbonyl (C=O) groups is 1. The maximum absolute atomic E-state index is 12.5. The summed E-state index contributed by atoms with van der Waals surface area (Å²) in [5.41, 5.74) is -0.245. The Hall–Kier alpha value is -2.66. The van der Waals surface area contributed by atoms with Gasteiger partial charge in [-0.3, -0.25) is 0 Å².